The molecule has 1 aromatic carbocycles. The van der Waals surface area contributed by atoms with Gasteiger partial charge in [-0.2, -0.15) is 0 Å². The second-order valence-corrected chi connectivity index (χ2v) is 4.57. The largest absolute Gasteiger partial charge is 0.379 e. The van der Waals surface area contributed by atoms with E-state index in [1.54, 1.807) is 18.2 Å². The maximum Gasteiger partial charge on any atom is 0.232 e. The van der Waals surface area contributed by atoms with Gasteiger partial charge in [-0.1, -0.05) is 18.2 Å². The van der Waals surface area contributed by atoms with Gasteiger partial charge < -0.3 is 15.8 Å². The van der Waals surface area contributed by atoms with Crippen molar-refractivity contribution in [1.82, 2.24) is 5.32 Å². The summed E-state index contributed by atoms with van der Waals surface area (Å²) in [5.41, 5.74) is 5.60. The number of nitrogens with one attached hydrogen (secondary N) is 1. The predicted molar refractivity (Wildman–Crippen MR) is 65.4 cm³/mol. The molecule has 0 saturated carbocycles. The fourth-order valence-corrected chi connectivity index (χ4v) is 1.89. The summed E-state index contributed by atoms with van der Waals surface area (Å²) in [7, 11) is 0. The van der Waals surface area contributed by atoms with Crippen molar-refractivity contribution < 1.29 is 13.9 Å². The molecule has 0 atom stereocenters. The predicted octanol–water partition coefficient (Wildman–Crippen LogP) is 0.460. The van der Waals surface area contributed by atoms with Crippen LogP contribution < -0.4 is 11.1 Å². The van der Waals surface area contributed by atoms with Crippen molar-refractivity contribution >= 4 is 5.91 Å². The second kappa shape index (κ2) is 5.46. The molecule has 0 aliphatic carbocycles. The summed E-state index contributed by atoms with van der Waals surface area (Å²) >= 11 is 0. The molecular weight excluding hydrogens is 235 g/mol. The quantitative estimate of drug-likeness (QED) is 0.800. The van der Waals surface area contributed by atoms with Crippen LogP contribution in [0.1, 0.15) is 5.56 Å². The van der Waals surface area contributed by atoms with E-state index < -0.39 is 5.41 Å². The summed E-state index contributed by atoms with van der Waals surface area (Å²) in [5, 5.41) is 2.79. The van der Waals surface area contributed by atoms with Crippen LogP contribution in [0, 0.1) is 11.2 Å². The zero-order valence-electron chi connectivity index (χ0n) is 10.1. The normalized spacial score (nSPS) is 17.0. The lowest BCUT2D eigenvalue weighted by Gasteiger charge is -2.38. The Morgan fingerprint density at radius 2 is 2.17 bits per heavy atom. The van der Waals surface area contributed by atoms with Crippen LogP contribution in [0.25, 0.3) is 0 Å². The van der Waals surface area contributed by atoms with Crippen molar-refractivity contribution in [3.05, 3.63) is 35.6 Å². The molecule has 2 rings (SSSR count). The van der Waals surface area contributed by atoms with Gasteiger partial charge >= 0.3 is 0 Å². The molecule has 1 aromatic rings. The van der Waals surface area contributed by atoms with Gasteiger partial charge in [-0.05, 0) is 18.1 Å². The summed E-state index contributed by atoms with van der Waals surface area (Å²) < 4.78 is 18.4. The molecule has 1 amide bonds. The van der Waals surface area contributed by atoms with Crippen LogP contribution >= 0.6 is 0 Å². The van der Waals surface area contributed by atoms with Gasteiger partial charge in [-0.15, -0.1) is 0 Å². The minimum atomic E-state index is -0.574. The lowest BCUT2D eigenvalue weighted by molar-refractivity contribution is -0.159. The molecule has 3 N–H and O–H groups in total. The Bertz CT molecular complexity index is 427. The molecule has 0 spiro atoms. The lowest BCUT2D eigenvalue weighted by Crippen LogP contribution is -2.58. The van der Waals surface area contributed by atoms with Gasteiger partial charge in [-0.3, -0.25) is 4.79 Å². The zero-order chi connectivity index (χ0) is 13.0. The molecule has 0 aromatic heterocycles. The van der Waals surface area contributed by atoms with E-state index in [-0.39, 0.29) is 18.3 Å². The first-order chi connectivity index (χ1) is 8.68. The number of benzene rings is 1. The number of halogens is 1. The van der Waals surface area contributed by atoms with Gasteiger partial charge in [0.2, 0.25) is 5.91 Å². The van der Waals surface area contributed by atoms with Crippen LogP contribution in [0.4, 0.5) is 4.39 Å². The number of hydrogen-bond acceptors (Lipinski definition) is 3. The Morgan fingerprint density at radius 3 is 2.72 bits per heavy atom. The Balaban J connectivity index is 1.82. The summed E-state index contributed by atoms with van der Waals surface area (Å²) in [6.07, 6.45) is 0.472. The van der Waals surface area contributed by atoms with Crippen LogP contribution in [-0.4, -0.2) is 32.2 Å². The standard InChI is InChI=1S/C13H17FN2O2/c14-11-4-2-1-3-10(11)5-6-16-12(17)13(7-15)8-18-9-13/h1-4H,5-9,15H2,(H,16,17). The van der Waals surface area contributed by atoms with E-state index in [2.05, 4.69) is 5.32 Å². The average Bonchev–Trinajstić information content (AvgIpc) is 2.31. The third-order valence-electron chi connectivity index (χ3n) is 3.27. The highest BCUT2D eigenvalue weighted by atomic mass is 19.1. The van der Waals surface area contributed by atoms with Crippen molar-refractivity contribution in [3.8, 4) is 0 Å². The number of amides is 1. The van der Waals surface area contributed by atoms with Gasteiger partial charge in [0.15, 0.2) is 0 Å². The number of ether oxygens (including phenoxy) is 1. The highest BCUT2D eigenvalue weighted by molar-refractivity contribution is 5.84. The number of hydrogen-bond donors (Lipinski definition) is 2. The average molecular weight is 252 g/mol. The van der Waals surface area contributed by atoms with E-state index in [1.165, 1.54) is 6.07 Å². The summed E-state index contributed by atoms with van der Waals surface area (Å²) in [6, 6.07) is 6.55. The molecule has 1 saturated heterocycles. The molecule has 5 heteroatoms. The van der Waals surface area contributed by atoms with Crippen molar-refractivity contribution in [2.45, 2.75) is 6.42 Å². The van der Waals surface area contributed by atoms with Crippen LogP contribution in [0.5, 0.6) is 0 Å². The van der Waals surface area contributed by atoms with E-state index in [1.807, 2.05) is 0 Å². The fraction of sp³-hybridized carbons (Fsp3) is 0.462. The number of carbonyl (C=O) groups excluding carboxylic acids is 1. The SMILES string of the molecule is NCC1(C(=O)NCCc2ccccc2F)COC1. The molecule has 4 nitrogen and oxygen atoms in total. The molecule has 1 aliphatic rings. The highest BCUT2D eigenvalue weighted by Crippen LogP contribution is 2.25. The molecular formula is C13H17FN2O2. The Kier molecular flexibility index (Phi) is 3.93. The van der Waals surface area contributed by atoms with Crippen molar-refractivity contribution in [2.75, 3.05) is 26.3 Å². The van der Waals surface area contributed by atoms with Crippen molar-refractivity contribution in [3.63, 3.8) is 0 Å². The summed E-state index contributed by atoms with van der Waals surface area (Å²) in [4.78, 5) is 11.9. The first-order valence-corrected chi connectivity index (χ1v) is 5.97. The highest BCUT2D eigenvalue weighted by Gasteiger charge is 2.44. The zero-order valence-corrected chi connectivity index (χ0v) is 10.1. The maximum atomic E-state index is 13.3. The first kappa shape index (κ1) is 13.0. The Morgan fingerprint density at radius 1 is 1.44 bits per heavy atom. The second-order valence-electron chi connectivity index (χ2n) is 4.57. The third-order valence-corrected chi connectivity index (χ3v) is 3.27. The van der Waals surface area contributed by atoms with Crippen LogP contribution in [0.2, 0.25) is 0 Å². The molecule has 0 unspecified atom stereocenters. The van der Waals surface area contributed by atoms with E-state index in [9.17, 15) is 9.18 Å². The van der Waals surface area contributed by atoms with Gasteiger partial charge in [-0.25, -0.2) is 4.39 Å². The van der Waals surface area contributed by atoms with E-state index in [4.69, 9.17) is 10.5 Å². The fourth-order valence-electron chi connectivity index (χ4n) is 1.89. The molecule has 1 heterocycles. The monoisotopic (exact) mass is 252 g/mol. The first-order valence-electron chi connectivity index (χ1n) is 5.97. The van der Waals surface area contributed by atoms with Crippen molar-refractivity contribution in [2.24, 2.45) is 11.1 Å². The van der Waals surface area contributed by atoms with Gasteiger partial charge in [0.05, 0.1) is 13.2 Å². The van der Waals surface area contributed by atoms with E-state index in [0.29, 0.717) is 31.7 Å². The molecule has 0 bridgehead atoms. The molecule has 1 fully saturated rings. The molecule has 98 valence electrons. The summed E-state index contributed by atoms with van der Waals surface area (Å²) in [6.45, 7) is 1.42. The van der Waals surface area contributed by atoms with Gasteiger partial charge in [0.1, 0.15) is 11.2 Å². The Hall–Kier alpha value is -1.46. The number of nitrogens with two attached hydrogens (primary N) is 1. The number of rotatable bonds is 5. The van der Waals surface area contributed by atoms with Crippen LogP contribution in [-0.2, 0) is 16.0 Å². The summed E-state index contributed by atoms with van der Waals surface area (Å²) in [5.74, 6) is -0.347. The smallest absolute Gasteiger partial charge is 0.232 e. The minimum Gasteiger partial charge on any atom is -0.379 e. The van der Waals surface area contributed by atoms with Gasteiger partial charge in [0, 0.05) is 13.1 Å². The minimum absolute atomic E-state index is 0.104. The Labute approximate surface area is 105 Å². The third kappa shape index (κ3) is 2.52. The molecule has 1 aliphatic heterocycles. The van der Waals surface area contributed by atoms with Crippen LogP contribution in [0.15, 0.2) is 24.3 Å². The topological polar surface area (TPSA) is 64.4 Å². The van der Waals surface area contributed by atoms with E-state index in [0.717, 1.165) is 0 Å². The van der Waals surface area contributed by atoms with Gasteiger partial charge in [0.25, 0.3) is 0 Å². The molecule has 18 heavy (non-hydrogen) atoms. The van der Waals surface area contributed by atoms with E-state index >= 15 is 0 Å². The lowest BCUT2D eigenvalue weighted by atomic mass is 9.85. The van der Waals surface area contributed by atoms with Crippen molar-refractivity contribution in [1.29, 1.82) is 0 Å². The number of carbonyl (C=O) groups is 1. The maximum absolute atomic E-state index is 13.3. The molecule has 0 radical (unpaired) electrons. The van der Waals surface area contributed by atoms with Crippen LogP contribution in [0.3, 0.4) is 0 Å².